The summed E-state index contributed by atoms with van der Waals surface area (Å²) in [6.07, 6.45) is 1.74. The van der Waals surface area contributed by atoms with Crippen molar-refractivity contribution in [3.8, 4) is 5.75 Å². The lowest BCUT2D eigenvalue weighted by atomic mass is 9.89. The third-order valence-corrected chi connectivity index (χ3v) is 6.86. The third-order valence-electron chi connectivity index (χ3n) is 6.86. The first-order valence-electron chi connectivity index (χ1n) is 11.6. The molecule has 0 unspecified atom stereocenters. The van der Waals surface area contributed by atoms with E-state index in [1.54, 1.807) is 0 Å². The van der Waals surface area contributed by atoms with Gasteiger partial charge in [-0.1, -0.05) is 24.3 Å². The maximum absolute atomic E-state index is 13.1. The Kier molecular flexibility index (Phi) is 6.02. The number of hydrogen-bond acceptors (Lipinski definition) is 6. The van der Waals surface area contributed by atoms with Gasteiger partial charge in [0.25, 0.3) is 0 Å². The van der Waals surface area contributed by atoms with E-state index in [2.05, 4.69) is 28.0 Å². The van der Waals surface area contributed by atoms with Crippen LogP contribution in [0, 0.1) is 6.92 Å². The lowest BCUT2D eigenvalue weighted by Crippen LogP contribution is -2.58. The monoisotopic (exact) mass is 436 g/mol. The third kappa shape index (κ3) is 4.59. The van der Waals surface area contributed by atoms with Gasteiger partial charge in [0, 0.05) is 50.5 Å². The van der Waals surface area contributed by atoms with Crippen molar-refractivity contribution in [1.82, 2.24) is 14.8 Å². The van der Waals surface area contributed by atoms with E-state index in [0.717, 1.165) is 74.9 Å². The van der Waals surface area contributed by atoms with Gasteiger partial charge in [-0.25, -0.2) is 4.98 Å². The van der Waals surface area contributed by atoms with Gasteiger partial charge in [0.2, 0.25) is 5.91 Å². The van der Waals surface area contributed by atoms with Gasteiger partial charge in [-0.2, -0.15) is 0 Å². The minimum absolute atomic E-state index is 0.185. The van der Waals surface area contributed by atoms with Gasteiger partial charge in [0.05, 0.1) is 18.8 Å². The molecule has 0 radical (unpaired) electrons. The summed E-state index contributed by atoms with van der Waals surface area (Å²) >= 11 is 0. The Hall–Kier alpha value is -2.64. The smallest absolute Gasteiger partial charge is 0.236 e. The number of benzene rings is 1. The van der Waals surface area contributed by atoms with Gasteiger partial charge >= 0.3 is 0 Å². The number of fused-ring (bicyclic) bond motifs is 1. The molecular formula is C25H32N4O3. The van der Waals surface area contributed by atoms with Crippen LogP contribution in [-0.4, -0.2) is 78.8 Å². The molecule has 4 heterocycles. The quantitative estimate of drug-likeness (QED) is 0.737. The number of aryl methyl sites for hydroxylation is 1. The molecule has 2 fully saturated rings. The van der Waals surface area contributed by atoms with Crippen LogP contribution in [0.1, 0.15) is 24.1 Å². The summed E-state index contributed by atoms with van der Waals surface area (Å²) in [5.74, 6) is 2.16. The standard InChI is InChI=1S/C25H32N4O3/c1-20-5-4-8-23(26-20)29-14-16-32-25(19-29)9-11-28(12-10-25)24(30)18-27-13-15-31-22-7-3-2-6-21(22)17-27/h2-8H,9-19H2,1H3. The zero-order valence-corrected chi connectivity index (χ0v) is 18.8. The zero-order valence-electron chi connectivity index (χ0n) is 18.8. The second kappa shape index (κ2) is 9.08. The van der Waals surface area contributed by atoms with E-state index in [1.807, 2.05) is 36.1 Å². The number of morpholine rings is 1. The fourth-order valence-electron chi connectivity index (χ4n) is 5.02. The summed E-state index contributed by atoms with van der Waals surface area (Å²) in [6, 6.07) is 14.3. The Morgan fingerprint density at radius 2 is 1.88 bits per heavy atom. The van der Waals surface area contributed by atoms with Crippen molar-refractivity contribution in [2.45, 2.75) is 31.9 Å². The van der Waals surface area contributed by atoms with Crippen molar-refractivity contribution in [3.05, 3.63) is 53.7 Å². The second-order valence-electron chi connectivity index (χ2n) is 9.14. The molecular weight excluding hydrogens is 404 g/mol. The second-order valence-corrected chi connectivity index (χ2v) is 9.14. The highest BCUT2D eigenvalue weighted by atomic mass is 16.5. The molecule has 2 saturated heterocycles. The maximum atomic E-state index is 13.1. The van der Waals surface area contributed by atoms with E-state index in [4.69, 9.17) is 14.5 Å². The van der Waals surface area contributed by atoms with Crippen LogP contribution >= 0.6 is 0 Å². The molecule has 32 heavy (non-hydrogen) atoms. The number of aromatic nitrogens is 1. The Morgan fingerprint density at radius 3 is 2.72 bits per heavy atom. The SMILES string of the molecule is Cc1cccc(N2CCOC3(CCN(C(=O)CN4CCOc5ccccc5C4)CC3)C2)n1. The molecule has 5 rings (SSSR count). The normalized spacial score (nSPS) is 21.0. The lowest BCUT2D eigenvalue weighted by molar-refractivity contribution is -0.140. The Bertz CT molecular complexity index is 958. The highest BCUT2D eigenvalue weighted by molar-refractivity contribution is 5.78. The van der Waals surface area contributed by atoms with Gasteiger partial charge in [-0.3, -0.25) is 9.69 Å². The Morgan fingerprint density at radius 1 is 1.03 bits per heavy atom. The van der Waals surface area contributed by atoms with Crippen LogP contribution in [0.15, 0.2) is 42.5 Å². The lowest BCUT2D eigenvalue weighted by Gasteiger charge is -2.47. The number of likely N-dealkylation sites (tertiary alicyclic amines) is 1. The molecule has 170 valence electrons. The number of hydrogen-bond donors (Lipinski definition) is 0. The number of carbonyl (C=O) groups is 1. The predicted molar refractivity (Wildman–Crippen MR) is 123 cm³/mol. The molecule has 0 N–H and O–H groups in total. The number of nitrogens with zero attached hydrogens (tertiary/aromatic N) is 4. The zero-order chi connectivity index (χ0) is 22.0. The minimum atomic E-state index is -0.185. The largest absolute Gasteiger partial charge is 0.492 e. The molecule has 7 nitrogen and oxygen atoms in total. The first kappa shape index (κ1) is 21.2. The van der Waals surface area contributed by atoms with Gasteiger partial charge in [0.1, 0.15) is 18.2 Å². The van der Waals surface area contributed by atoms with Gasteiger partial charge in [-0.05, 0) is 38.0 Å². The van der Waals surface area contributed by atoms with Crippen molar-refractivity contribution in [1.29, 1.82) is 0 Å². The topological polar surface area (TPSA) is 58.1 Å². The highest BCUT2D eigenvalue weighted by Gasteiger charge is 2.41. The van der Waals surface area contributed by atoms with E-state index in [1.165, 1.54) is 0 Å². The van der Waals surface area contributed by atoms with Crippen molar-refractivity contribution in [2.24, 2.45) is 0 Å². The molecule has 0 saturated carbocycles. The fourth-order valence-corrected chi connectivity index (χ4v) is 5.02. The van der Waals surface area contributed by atoms with Crippen LogP contribution in [0.4, 0.5) is 5.82 Å². The van der Waals surface area contributed by atoms with E-state index in [-0.39, 0.29) is 11.5 Å². The van der Waals surface area contributed by atoms with Crippen LogP contribution in [-0.2, 0) is 16.1 Å². The number of amides is 1. The first-order valence-corrected chi connectivity index (χ1v) is 11.6. The van der Waals surface area contributed by atoms with E-state index in [9.17, 15) is 4.79 Å². The molecule has 1 aromatic heterocycles. The van der Waals surface area contributed by atoms with Crippen LogP contribution in [0.25, 0.3) is 0 Å². The summed E-state index contributed by atoms with van der Waals surface area (Å²) in [5.41, 5.74) is 2.00. The Balaban J connectivity index is 1.17. The average molecular weight is 437 g/mol. The summed E-state index contributed by atoms with van der Waals surface area (Å²) in [5, 5.41) is 0. The molecule has 7 heteroatoms. The molecule has 2 aromatic rings. The first-order chi connectivity index (χ1) is 15.6. The van der Waals surface area contributed by atoms with Crippen LogP contribution in [0.2, 0.25) is 0 Å². The molecule has 0 aliphatic carbocycles. The average Bonchev–Trinajstić information content (AvgIpc) is 3.01. The van der Waals surface area contributed by atoms with Crippen LogP contribution in [0.5, 0.6) is 5.75 Å². The predicted octanol–water partition coefficient (Wildman–Crippen LogP) is 2.48. The molecule has 1 aromatic carbocycles. The minimum Gasteiger partial charge on any atom is -0.492 e. The van der Waals surface area contributed by atoms with Gasteiger partial charge in [0.15, 0.2) is 0 Å². The van der Waals surface area contributed by atoms with E-state index < -0.39 is 0 Å². The van der Waals surface area contributed by atoms with Crippen molar-refractivity contribution in [2.75, 3.05) is 57.4 Å². The van der Waals surface area contributed by atoms with Gasteiger partial charge < -0.3 is 19.3 Å². The molecule has 0 atom stereocenters. The number of para-hydroxylation sites is 1. The molecule has 3 aliphatic heterocycles. The number of anilines is 1. The molecule has 0 bridgehead atoms. The fraction of sp³-hybridized carbons (Fsp3) is 0.520. The van der Waals surface area contributed by atoms with Crippen molar-refractivity contribution < 1.29 is 14.3 Å². The summed E-state index contributed by atoms with van der Waals surface area (Å²) in [7, 11) is 0. The molecule has 1 amide bonds. The number of piperidine rings is 1. The number of rotatable bonds is 3. The van der Waals surface area contributed by atoms with Crippen molar-refractivity contribution in [3.63, 3.8) is 0 Å². The number of ether oxygens (including phenoxy) is 2. The van der Waals surface area contributed by atoms with Crippen molar-refractivity contribution >= 4 is 11.7 Å². The molecule has 1 spiro atoms. The maximum Gasteiger partial charge on any atom is 0.236 e. The van der Waals surface area contributed by atoms with E-state index >= 15 is 0 Å². The number of pyridine rings is 1. The summed E-state index contributed by atoms with van der Waals surface area (Å²) in [4.78, 5) is 24.3. The van der Waals surface area contributed by atoms with E-state index in [0.29, 0.717) is 19.8 Å². The van der Waals surface area contributed by atoms with Crippen LogP contribution < -0.4 is 9.64 Å². The highest BCUT2D eigenvalue weighted by Crippen LogP contribution is 2.32. The summed E-state index contributed by atoms with van der Waals surface area (Å²) < 4.78 is 12.1. The van der Waals surface area contributed by atoms with Crippen LogP contribution in [0.3, 0.4) is 0 Å². The molecule has 3 aliphatic rings. The Labute approximate surface area is 189 Å². The number of carbonyl (C=O) groups excluding carboxylic acids is 1. The summed E-state index contributed by atoms with van der Waals surface area (Å²) in [6.45, 7) is 8.49. The van der Waals surface area contributed by atoms with Gasteiger partial charge in [-0.15, -0.1) is 0 Å².